The molecule has 0 aromatic carbocycles. The Morgan fingerprint density at radius 1 is 1.26 bits per heavy atom. The van der Waals surface area contributed by atoms with E-state index in [1.807, 2.05) is 32.2 Å². The van der Waals surface area contributed by atoms with Crippen molar-refractivity contribution >= 4 is 11.9 Å². The van der Waals surface area contributed by atoms with Crippen LogP contribution in [0, 0.1) is 0 Å². The van der Waals surface area contributed by atoms with Gasteiger partial charge in [0.15, 0.2) is 5.96 Å². The van der Waals surface area contributed by atoms with Gasteiger partial charge in [0.05, 0.1) is 0 Å². The zero-order valence-electron chi connectivity index (χ0n) is 17.5. The van der Waals surface area contributed by atoms with Crippen molar-refractivity contribution in [2.45, 2.75) is 65.3 Å². The molecule has 0 aliphatic heterocycles. The van der Waals surface area contributed by atoms with E-state index < -0.39 is 0 Å². The molecule has 1 atom stereocenters. The number of aromatic nitrogens is 1. The van der Waals surface area contributed by atoms with E-state index in [2.05, 4.69) is 34.5 Å². The van der Waals surface area contributed by atoms with E-state index in [1.165, 1.54) is 25.7 Å². The molecule has 0 bridgehead atoms. The van der Waals surface area contributed by atoms with Crippen LogP contribution in [0.1, 0.15) is 58.6 Å². The molecule has 0 spiro atoms. The van der Waals surface area contributed by atoms with Crippen LogP contribution in [0.15, 0.2) is 29.4 Å². The molecule has 0 aliphatic rings. The third-order valence-corrected chi connectivity index (χ3v) is 4.45. The zero-order chi connectivity index (χ0) is 19.9. The van der Waals surface area contributed by atoms with Gasteiger partial charge in [0.1, 0.15) is 6.54 Å². The van der Waals surface area contributed by atoms with Crippen LogP contribution in [0.2, 0.25) is 0 Å². The summed E-state index contributed by atoms with van der Waals surface area (Å²) in [5.41, 5.74) is 0.993. The van der Waals surface area contributed by atoms with Gasteiger partial charge in [-0.3, -0.25) is 9.78 Å². The van der Waals surface area contributed by atoms with Gasteiger partial charge in [-0.15, -0.1) is 0 Å². The minimum atomic E-state index is 0.0127. The van der Waals surface area contributed by atoms with Gasteiger partial charge in [0, 0.05) is 44.5 Å². The van der Waals surface area contributed by atoms with E-state index >= 15 is 0 Å². The van der Waals surface area contributed by atoms with Crippen LogP contribution < -0.4 is 10.6 Å². The van der Waals surface area contributed by atoms with Gasteiger partial charge < -0.3 is 15.5 Å². The summed E-state index contributed by atoms with van der Waals surface area (Å²) >= 11 is 0. The zero-order valence-corrected chi connectivity index (χ0v) is 17.5. The Bertz CT molecular complexity index is 547. The van der Waals surface area contributed by atoms with Gasteiger partial charge >= 0.3 is 0 Å². The van der Waals surface area contributed by atoms with E-state index in [9.17, 15) is 4.79 Å². The topological polar surface area (TPSA) is 69.6 Å². The van der Waals surface area contributed by atoms with Crippen LogP contribution in [-0.2, 0) is 11.2 Å². The molecule has 1 rings (SSSR count). The lowest BCUT2D eigenvalue weighted by Crippen LogP contribution is -2.43. The number of rotatable bonds is 12. The number of amides is 1. The molecule has 27 heavy (non-hydrogen) atoms. The minimum Gasteiger partial charge on any atom is -0.357 e. The first kappa shape index (κ1) is 22.9. The Morgan fingerprint density at radius 2 is 2.07 bits per heavy atom. The second kappa shape index (κ2) is 14.0. The number of carbonyl (C=O) groups excluding carboxylic acids is 1. The Kier molecular flexibility index (Phi) is 11.9. The third kappa shape index (κ3) is 10.6. The number of nitrogens with one attached hydrogen (secondary N) is 2. The van der Waals surface area contributed by atoms with Crippen LogP contribution in [0.4, 0.5) is 0 Å². The molecule has 1 aromatic rings. The average molecular weight is 376 g/mol. The van der Waals surface area contributed by atoms with Crippen molar-refractivity contribution < 1.29 is 4.79 Å². The molecular formula is C21H37N5O. The number of hydrogen-bond acceptors (Lipinski definition) is 3. The highest BCUT2D eigenvalue weighted by molar-refractivity contribution is 5.85. The number of pyridine rings is 1. The molecule has 6 heteroatoms. The summed E-state index contributed by atoms with van der Waals surface area (Å²) in [4.78, 5) is 22.8. The van der Waals surface area contributed by atoms with Gasteiger partial charge in [-0.1, -0.05) is 38.7 Å². The highest BCUT2D eigenvalue weighted by Gasteiger charge is 2.10. The maximum absolute atomic E-state index is 12.3. The second-order valence-corrected chi connectivity index (χ2v) is 6.98. The maximum Gasteiger partial charge on any atom is 0.244 e. The molecule has 6 nitrogen and oxygen atoms in total. The van der Waals surface area contributed by atoms with Gasteiger partial charge in [-0.05, 0) is 32.4 Å². The summed E-state index contributed by atoms with van der Waals surface area (Å²) in [6, 6.07) is 6.18. The Morgan fingerprint density at radius 3 is 2.74 bits per heavy atom. The quantitative estimate of drug-likeness (QED) is 0.335. The highest BCUT2D eigenvalue weighted by Crippen LogP contribution is 2.05. The Labute approximate surface area is 164 Å². The molecule has 1 aromatic heterocycles. The molecule has 0 fully saturated rings. The lowest BCUT2D eigenvalue weighted by molar-refractivity contribution is -0.128. The average Bonchev–Trinajstić information content (AvgIpc) is 2.68. The molecule has 0 radical (unpaired) electrons. The number of hydrogen-bond donors (Lipinski definition) is 2. The molecule has 152 valence electrons. The van der Waals surface area contributed by atoms with E-state index in [0.717, 1.165) is 25.1 Å². The summed E-state index contributed by atoms with van der Waals surface area (Å²) in [5.74, 6) is 0.728. The van der Waals surface area contributed by atoms with E-state index in [1.54, 1.807) is 11.1 Å². The largest absolute Gasteiger partial charge is 0.357 e. The van der Waals surface area contributed by atoms with Crippen molar-refractivity contribution in [3.05, 3.63) is 30.1 Å². The molecule has 0 saturated heterocycles. The van der Waals surface area contributed by atoms with Gasteiger partial charge in [-0.25, -0.2) is 4.99 Å². The first-order valence-corrected chi connectivity index (χ1v) is 10.3. The standard InChI is InChI=1S/C21H37N5O/c1-5-7-8-9-12-18(3)25-21(22-6-2)24-17-20(27)26(4)16-14-19-13-10-11-15-23-19/h10-11,13,15,18H,5-9,12,14,16-17H2,1-4H3,(H2,22,24,25). The summed E-state index contributed by atoms with van der Waals surface area (Å²) in [6.07, 6.45) is 8.68. The predicted molar refractivity (Wildman–Crippen MR) is 113 cm³/mol. The Balaban J connectivity index is 2.41. The third-order valence-electron chi connectivity index (χ3n) is 4.45. The van der Waals surface area contributed by atoms with Crippen LogP contribution in [0.3, 0.4) is 0 Å². The lowest BCUT2D eigenvalue weighted by atomic mass is 10.1. The van der Waals surface area contributed by atoms with Gasteiger partial charge in [0.25, 0.3) is 0 Å². The molecule has 0 saturated carbocycles. The fraction of sp³-hybridized carbons (Fsp3) is 0.667. The number of likely N-dealkylation sites (N-methyl/N-ethyl adjacent to an activating group) is 1. The van der Waals surface area contributed by atoms with E-state index in [4.69, 9.17) is 0 Å². The molecule has 2 N–H and O–H groups in total. The Hall–Kier alpha value is -2.11. The second-order valence-electron chi connectivity index (χ2n) is 6.98. The van der Waals surface area contributed by atoms with E-state index in [0.29, 0.717) is 18.5 Å². The molecule has 0 aliphatic carbocycles. The minimum absolute atomic E-state index is 0.0127. The number of unbranched alkanes of at least 4 members (excludes halogenated alkanes) is 3. The normalized spacial score (nSPS) is 12.5. The van der Waals surface area contributed by atoms with Crippen molar-refractivity contribution in [1.29, 1.82) is 0 Å². The van der Waals surface area contributed by atoms with Crippen molar-refractivity contribution in [2.24, 2.45) is 4.99 Å². The smallest absolute Gasteiger partial charge is 0.244 e. The van der Waals surface area contributed by atoms with Gasteiger partial charge in [0.2, 0.25) is 5.91 Å². The fourth-order valence-corrected chi connectivity index (χ4v) is 2.72. The number of guanidine groups is 1. The molecule has 1 unspecified atom stereocenters. The highest BCUT2D eigenvalue weighted by atomic mass is 16.2. The van der Waals surface area contributed by atoms with Crippen molar-refractivity contribution in [3.63, 3.8) is 0 Å². The predicted octanol–water partition coefficient (Wildman–Crippen LogP) is 3.00. The summed E-state index contributed by atoms with van der Waals surface area (Å²) in [5, 5.41) is 6.63. The summed E-state index contributed by atoms with van der Waals surface area (Å²) in [7, 11) is 1.82. The maximum atomic E-state index is 12.3. The van der Waals surface area contributed by atoms with Crippen molar-refractivity contribution in [1.82, 2.24) is 20.5 Å². The fourth-order valence-electron chi connectivity index (χ4n) is 2.72. The monoisotopic (exact) mass is 375 g/mol. The van der Waals surface area contributed by atoms with Crippen molar-refractivity contribution in [3.8, 4) is 0 Å². The summed E-state index contributed by atoms with van der Waals surface area (Å²) < 4.78 is 0. The molecule has 1 amide bonds. The van der Waals surface area contributed by atoms with Crippen LogP contribution in [-0.4, -0.2) is 54.5 Å². The first-order chi connectivity index (χ1) is 13.1. The first-order valence-electron chi connectivity index (χ1n) is 10.3. The lowest BCUT2D eigenvalue weighted by Gasteiger charge is -2.19. The van der Waals surface area contributed by atoms with Crippen LogP contribution >= 0.6 is 0 Å². The van der Waals surface area contributed by atoms with Crippen LogP contribution in [0.25, 0.3) is 0 Å². The molecule has 1 heterocycles. The summed E-state index contributed by atoms with van der Waals surface area (Å²) in [6.45, 7) is 7.99. The van der Waals surface area contributed by atoms with E-state index in [-0.39, 0.29) is 12.5 Å². The molecular weight excluding hydrogens is 338 g/mol. The van der Waals surface area contributed by atoms with Gasteiger partial charge in [-0.2, -0.15) is 0 Å². The SMILES string of the molecule is CCCCCCC(C)NC(=NCC(=O)N(C)CCc1ccccn1)NCC. The van der Waals surface area contributed by atoms with Crippen LogP contribution in [0.5, 0.6) is 0 Å². The number of nitrogens with zero attached hydrogens (tertiary/aromatic N) is 3. The number of aliphatic imine (C=N–C) groups is 1. The van der Waals surface area contributed by atoms with Crippen molar-refractivity contribution in [2.75, 3.05) is 26.7 Å². The number of carbonyl (C=O) groups is 1.